The molecule has 0 spiro atoms. The number of hydrogen-bond acceptors (Lipinski definition) is 2. The molecule has 3 heteroatoms. The van der Waals surface area contributed by atoms with E-state index in [-0.39, 0.29) is 5.91 Å². The number of carbonyl (C=O) groups excluding carboxylic acids is 1. The van der Waals surface area contributed by atoms with Crippen molar-refractivity contribution in [3.63, 3.8) is 0 Å². The van der Waals surface area contributed by atoms with E-state index in [0.29, 0.717) is 32.2 Å². The van der Waals surface area contributed by atoms with Crippen molar-refractivity contribution in [1.82, 2.24) is 5.32 Å². The van der Waals surface area contributed by atoms with Crippen LogP contribution in [-0.4, -0.2) is 23.2 Å². The zero-order valence-electron chi connectivity index (χ0n) is 8.97. The number of hydrogen-bond donors (Lipinski definition) is 2. The lowest BCUT2D eigenvalue weighted by molar-refractivity contribution is -0.122. The quantitative estimate of drug-likeness (QED) is 0.626. The second-order valence-electron chi connectivity index (χ2n) is 3.41. The van der Waals surface area contributed by atoms with Gasteiger partial charge in [-0.1, -0.05) is 13.8 Å². The van der Waals surface area contributed by atoms with Gasteiger partial charge in [-0.05, 0) is 12.8 Å². The number of rotatable bonds is 6. The monoisotopic (exact) mass is 197 g/mol. The zero-order chi connectivity index (χ0) is 11.0. The first-order valence-electron chi connectivity index (χ1n) is 5.00. The topological polar surface area (TPSA) is 49.3 Å². The molecule has 0 atom stereocenters. The van der Waals surface area contributed by atoms with Gasteiger partial charge in [-0.25, -0.2) is 0 Å². The summed E-state index contributed by atoms with van der Waals surface area (Å²) in [6.07, 6.45) is 7.09. The van der Waals surface area contributed by atoms with Crippen LogP contribution in [0.5, 0.6) is 0 Å². The van der Waals surface area contributed by atoms with E-state index in [9.17, 15) is 9.90 Å². The van der Waals surface area contributed by atoms with Crippen LogP contribution in [0, 0.1) is 12.3 Å². The molecule has 14 heavy (non-hydrogen) atoms. The maximum absolute atomic E-state index is 11.2. The van der Waals surface area contributed by atoms with Crippen molar-refractivity contribution < 1.29 is 9.90 Å². The van der Waals surface area contributed by atoms with Crippen LogP contribution in [0.2, 0.25) is 0 Å². The van der Waals surface area contributed by atoms with E-state index in [1.165, 1.54) is 0 Å². The molecule has 0 aliphatic rings. The summed E-state index contributed by atoms with van der Waals surface area (Å²) in [7, 11) is 0. The van der Waals surface area contributed by atoms with Crippen LogP contribution in [0.15, 0.2) is 0 Å². The first-order valence-corrected chi connectivity index (χ1v) is 5.00. The predicted molar refractivity (Wildman–Crippen MR) is 56.6 cm³/mol. The van der Waals surface area contributed by atoms with E-state index < -0.39 is 5.60 Å². The maximum Gasteiger partial charge on any atom is 0.221 e. The van der Waals surface area contributed by atoms with Crippen LogP contribution in [-0.2, 0) is 4.79 Å². The average molecular weight is 197 g/mol. The lowest BCUT2D eigenvalue weighted by Crippen LogP contribution is -2.41. The molecule has 0 aromatic heterocycles. The zero-order valence-corrected chi connectivity index (χ0v) is 8.97. The largest absolute Gasteiger partial charge is 0.388 e. The Labute approximate surface area is 85.9 Å². The van der Waals surface area contributed by atoms with Crippen LogP contribution >= 0.6 is 0 Å². The number of nitrogens with one attached hydrogen (secondary N) is 1. The number of amides is 1. The predicted octanol–water partition coefficient (Wildman–Crippen LogP) is 1.07. The Kier molecular flexibility index (Phi) is 5.98. The Morgan fingerprint density at radius 3 is 2.50 bits per heavy atom. The Balaban J connectivity index is 3.81. The molecule has 0 fully saturated rings. The molecular formula is C11H19NO2. The van der Waals surface area contributed by atoms with E-state index in [4.69, 9.17) is 6.42 Å². The van der Waals surface area contributed by atoms with Gasteiger partial charge < -0.3 is 10.4 Å². The smallest absolute Gasteiger partial charge is 0.221 e. The standard InChI is InChI=1S/C11H19NO2/c1-4-7-8-10(13)12-9-11(14,5-2)6-3/h1,14H,5-9H2,2-3H3,(H,12,13). The van der Waals surface area contributed by atoms with Gasteiger partial charge >= 0.3 is 0 Å². The fourth-order valence-electron chi connectivity index (χ4n) is 1.04. The molecule has 0 radical (unpaired) electrons. The van der Waals surface area contributed by atoms with E-state index in [2.05, 4.69) is 11.2 Å². The van der Waals surface area contributed by atoms with Crippen LogP contribution in [0.1, 0.15) is 39.5 Å². The fourth-order valence-corrected chi connectivity index (χ4v) is 1.04. The van der Waals surface area contributed by atoms with Gasteiger partial charge in [-0.3, -0.25) is 4.79 Å². The first kappa shape index (κ1) is 13.0. The molecular weight excluding hydrogens is 178 g/mol. The molecule has 0 saturated carbocycles. The third-order valence-electron chi connectivity index (χ3n) is 2.43. The van der Waals surface area contributed by atoms with Crippen LogP contribution in [0.4, 0.5) is 0 Å². The molecule has 0 bridgehead atoms. The molecule has 0 heterocycles. The SMILES string of the molecule is C#CCCC(=O)NCC(O)(CC)CC. The van der Waals surface area contributed by atoms with Gasteiger partial charge in [0.2, 0.25) is 5.91 Å². The van der Waals surface area contributed by atoms with Gasteiger partial charge in [-0.15, -0.1) is 12.3 Å². The highest BCUT2D eigenvalue weighted by atomic mass is 16.3. The summed E-state index contributed by atoms with van der Waals surface area (Å²) in [4.78, 5) is 11.2. The Morgan fingerprint density at radius 2 is 2.07 bits per heavy atom. The molecule has 0 aromatic carbocycles. The van der Waals surface area contributed by atoms with Gasteiger partial charge in [0.25, 0.3) is 0 Å². The normalized spacial score (nSPS) is 10.7. The summed E-state index contributed by atoms with van der Waals surface area (Å²) in [5.74, 6) is 2.31. The molecule has 0 saturated heterocycles. The summed E-state index contributed by atoms with van der Waals surface area (Å²) in [5.41, 5.74) is -0.772. The minimum atomic E-state index is -0.772. The number of carbonyl (C=O) groups is 1. The van der Waals surface area contributed by atoms with Crippen molar-refractivity contribution in [2.24, 2.45) is 0 Å². The van der Waals surface area contributed by atoms with Crippen LogP contribution in [0.3, 0.4) is 0 Å². The summed E-state index contributed by atoms with van der Waals surface area (Å²) >= 11 is 0. The molecule has 80 valence electrons. The van der Waals surface area contributed by atoms with Gasteiger partial charge in [0.05, 0.1) is 5.60 Å². The highest BCUT2D eigenvalue weighted by molar-refractivity contribution is 5.76. The third kappa shape index (κ3) is 4.88. The molecule has 1 amide bonds. The summed E-state index contributed by atoms with van der Waals surface area (Å²) in [6.45, 7) is 4.11. The Bertz CT molecular complexity index is 214. The molecule has 0 aliphatic heterocycles. The molecule has 0 rings (SSSR count). The van der Waals surface area contributed by atoms with E-state index in [1.807, 2.05) is 13.8 Å². The minimum Gasteiger partial charge on any atom is -0.388 e. The second-order valence-corrected chi connectivity index (χ2v) is 3.41. The molecule has 0 aliphatic carbocycles. The van der Waals surface area contributed by atoms with Crippen LogP contribution in [0.25, 0.3) is 0 Å². The first-order chi connectivity index (χ1) is 6.58. The van der Waals surface area contributed by atoms with Crippen molar-refractivity contribution in [2.45, 2.75) is 45.1 Å². The summed E-state index contributed by atoms with van der Waals surface area (Å²) < 4.78 is 0. The van der Waals surface area contributed by atoms with E-state index >= 15 is 0 Å². The van der Waals surface area contributed by atoms with Gasteiger partial charge in [0.1, 0.15) is 0 Å². The Morgan fingerprint density at radius 1 is 1.50 bits per heavy atom. The summed E-state index contributed by atoms with van der Waals surface area (Å²) in [6, 6.07) is 0. The van der Waals surface area contributed by atoms with Gasteiger partial charge in [-0.2, -0.15) is 0 Å². The van der Waals surface area contributed by atoms with Gasteiger partial charge in [0, 0.05) is 19.4 Å². The second kappa shape index (κ2) is 6.44. The van der Waals surface area contributed by atoms with Crippen molar-refractivity contribution >= 4 is 5.91 Å². The molecule has 2 N–H and O–H groups in total. The minimum absolute atomic E-state index is 0.0942. The molecule has 0 aromatic rings. The van der Waals surface area contributed by atoms with E-state index in [0.717, 1.165) is 0 Å². The lowest BCUT2D eigenvalue weighted by atomic mass is 9.97. The van der Waals surface area contributed by atoms with Crippen molar-refractivity contribution in [1.29, 1.82) is 0 Å². The summed E-state index contributed by atoms with van der Waals surface area (Å²) in [5, 5.41) is 12.5. The van der Waals surface area contributed by atoms with E-state index in [1.54, 1.807) is 0 Å². The maximum atomic E-state index is 11.2. The van der Waals surface area contributed by atoms with Gasteiger partial charge in [0.15, 0.2) is 0 Å². The molecule has 0 unspecified atom stereocenters. The van der Waals surface area contributed by atoms with Crippen molar-refractivity contribution in [2.75, 3.05) is 6.54 Å². The average Bonchev–Trinajstić information content (AvgIpc) is 2.23. The Hall–Kier alpha value is -1.01. The van der Waals surface area contributed by atoms with Crippen LogP contribution < -0.4 is 5.32 Å². The number of terminal acetylenes is 1. The third-order valence-corrected chi connectivity index (χ3v) is 2.43. The van der Waals surface area contributed by atoms with Crippen molar-refractivity contribution in [3.05, 3.63) is 0 Å². The lowest BCUT2D eigenvalue weighted by Gasteiger charge is -2.25. The highest BCUT2D eigenvalue weighted by Gasteiger charge is 2.22. The number of aliphatic hydroxyl groups is 1. The van der Waals surface area contributed by atoms with Crippen molar-refractivity contribution in [3.8, 4) is 12.3 Å². The highest BCUT2D eigenvalue weighted by Crippen LogP contribution is 2.12. The molecule has 3 nitrogen and oxygen atoms in total. The fraction of sp³-hybridized carbons (Fsp3) is 0.727.